The van der Waals surface area contributed by atoms with E-state index >= 15 is 0 Å². The lowest BCUT2D eigenvalue weighted by atomic mass is 10.3. The highest BCUT2D eigenvalue weighted by molar-refractivity contribution is 7.99. The fraction of sp³-hybridized carbons (Fsp3) is 0.227. The number of para-hydroxylation sites is 2. The number of nitrogens with one attached hydrogen (secondary N) is 1. The van der Waals surface area contributed by atoms with Gasteiger partial charge in [-0.3, -0.25) is 9.36 Å². The van der Waals surface area contributed by atoms with Crippen molar-refractivity contribution in [2.24, 2.45) is 0 Å². The van der Waals surface area contributed by atoms with Gasteiger partial charge < -0.3 is 14.8 Å². The quantitative estimate of drug-likeness (QED) is 0.352. The third-order valence-electron chi connectivity index (χ3n) is 4.08. The zero-order valence-electron chi connectivity index (χ0n) is 17.1. The second-order valence-corrected chi connectivity index (χ2v) is 7.25. The van der Waals surface area contributed by atoms with Gasteiger partial charge in [0.25, 0.3) is 0 Å². The number of allylic oxidation sites excluding steroid dienone is 1. The van der Waals surface area contributed by atoms with Gasteiger partial charge in [-0.1, -0.05) is 30.0 Å². The normalized spacial score (nSPS) is 10.5. The van der Waals surface area contributed by atoms with Crippen molar-refractivity contribution in [3.05, 3.63) is 72.8 Å². The van der Waals surface area contributed by atoms with Crippen molar-refractivity contribution in [3.8, 4) is 11.5 Å². The van der Waals surface area contributed by atoms with E-state index in [-0.39, 0.29) is 24.1 Å². The molecule has 0 fully saturated rings. The minimum absolute atomic E-state index is 0.147. The fourth-order valence-electron chi connectivity index (χ4n) is 2.69. The lowest BCUT2D eigenvalue weighted by Gasteiger charge is -2.11. The first kappa shape index (κ1) is 22.4. The Hall–Kier alpha value is -3.33. The maximum atomic E-state index is 13.0. The molecule has 1 heterocycles. The molecule has 0 unspecified atom stereocenters. The SMILES string of the molecule is C=CCn1c(COc2ccc(F)cc2)nnc1SCC(=O)Nc1ccccc1OCC. The number of ether oxygens (including phenoxy) is 2. The Balaban J connectivity index is 1.61. The van der Waals surface area contributed by atoms with Crippen molar-refractivity contribution in [1.29, 1.82) is 0 Å². The van der Waals surface area contributed by atoms with Gasteiger partial charge in [0.2, 0.25) is 5.91 Å². The Morgan fingerprint density at radius 1 is 1.19 bits per heavy atom. The maximum Gasteiger partial charge on any atom is 0.234 e. The molecule has 0 radical (unpaired) electrons. The van der Waals surface area contributed by atoms with Crippen molar-refractivity contribution in [1.82, 2.24) is 14.8 Å². The molecule has 0 aliphatic rings. The molecular formula is C22H23FN4O3S. The summed E-state index contributed by atoms with van der Waals surface area (Å²) in [6.45, 7) is 6.78. The van der Waals surface area contributed by atoms with Crippen LogP contribution in [0, 0.1) is 5.82 Å². The summed E-state index contributed by atoms with van der Waals surface area (Å²) in [5, 5.41) is 11.8. The average Bonchev–Trinajstić information content (AvgIpc) is 3.15. The van der Waals surface area contributed by atoms with E-state index in [1.807, 2.05) is 23.6 Å². The zero-order valence-corrected chi connectivity index (χ0v) is 17.9. The lowest BCUT2D eigenvalue weighted by molar-refractivity contribution is -0.113. The van der Waals surface area contributed by atoms with E-state index in [2.05, 4.69) is 22.1 Å². The van der Waals surface area contributed by atoms with E-state index in [9.17, 15) is 9.18 Å². The molecule has 0 saturated carbocycles. The number of aromatic nitrogens is 3. The van der Waals surface area contributed by atoms with Gasteiger partial charge in [-0.05, 0) is 43.3 Å². The van der Waals surface area contributed by atoms with E-state index in [0.717, 1.165) is 0 Å². The van der Waals surface area contributed by atoms with Gasteiger partial charge in [-0.15, -0.1) is 16.8 Å². The number of hydrogen-bond acceptors (Lipinski definition) is 6. The summed E-state index contributed by atoms with van der Waals surface area (Å²) in [5.41, 5.74) is 0.621. The lowest BCUT2D eigenvalue weighted by Crippen LogP contribution is -2.15. The highest BCUT2D eigenvalue weighted by atomic mass is 32.2. The Morgan fingerprint density at radius 3 is 2.71 bits per heavy atom. The van der Waals surface area contributed by atoms with Crippen molar-refractivity contribution < 1.29 is 18.7 Å². The van der Waals surface area contributed by atoms with Crippen LogP contribution in [0.25, 0.3) is 0 Å². The summed E-state index contributed by atoms with van der Waals surface area (Å²) in [4.78, 5) is 12.4. The predicted octanol–water partition coefficient (Wildman–Crippen LogP) is 4.31. The number of carbonyl (C=O) groups is 1. The van der Waals surface area contributed by atoms with E-state index in [4.69, 9.17) is 9.47 Å². The number of benzene rings is 2. The summed E-state index contributed by atoms with van der Waals surface area (Å²) in [6.07, 6.45) is 1.72. The molecule has 0 aliphatic carbocycles. The summed E-state index contributed by atoms with van der Waals surface area (Å²) < 4.78 is 26.0. The first-order valence-electron chi connectivity index (χ1n) is 9.66. The second-order valence-electron chi connectivity index (χ2n) is 6.31. The number of anilines is 1. The molecule has 9 heteroatoms. The molecule has 0 spiro atoms. The molecule has 2 aromatic carbocycles. The first-order valence-corrected chi connectivity index (χ1v) is 10.6. The van der Waals surface area contributed by atoms with Crippen LogP contribution in [-0.2, 0) is 17.9 Å². The van der Waals surface area contributed by atoms with Crippen molar-refractivity contribution in [2.45, 2.75) is 25.2 Å². The minimum atomic E-state index is -0.331. The molecule has 0 bridgehead atoms. The third-order valence-corrected chi connectivity index (χ3v) is 5.05. The van der Waals surface area contributed by atoms with Crippen molar-refractivity contribution in [3.63, 3.8) is 0 Å². The molecule has 0 atom stereocenters. The van der Waals surface area contributed by atoms with Gasteiger partial charge in [-0.25, -0.2) is 4.39 Å². The standard InChI is InChI=1S/C22H23FN4O3S/c1-3-13-27-20(14-30-17-11-9-16(23)10-12-17)25-26-22(27)31-15-21(28)24-18-7-5-6-8-19(18)29-4-2/h3,5-12H,1,4,13-15H2,2H3,(H,24,28). The molecule has 1 N–H and O–H groups in total. The second kappa shape index (κ2) is 11.2. The topological polar surface area (TPSA) is 78.3 Å². The van der Waals surface area contributed by atoms with Gasteiger partial charge in [0.1, 0.15) is 23.9 Å². The Bertz CT molecular complexity index is 1020. The van der Waals surface area contributed by atoms with Crippen LogP contribution >= 0.6 is 11.8 Å². The highest BCUT2D eigenvalue weighted by Gasteiger charge is 2.15. The largest absolute Gasteiger partial charge is 0.492 e. The van der Waals surface area contributed by atoms with Gasteiger partial charge >= 0.3 is 0 Å². The minimum Gasteiger partial charge on any atom is -0.492 e. The molecule has 0 saturated heterocycles. The van der Waals surface area contributed by atoms with Gasteiger partial charge in [0.05, 0.1) is 18.0 Å². The molecule has 7 nitrogen and oxygen atoms in total. The molecular weight excluding hydrogens is 419 g/mol. The number of hydrogen-bond donors (Lipinski definition) is 1. The Kier molecular flexibility index (Phi) is 8.05. The van der Waals surface area contributed by atoms with Gasteiger partial charge in [0, 0.05) is 6.54 Å². The van der Waals surface area contributed by atoms with Crippen LogP contribution in [0.1, 0.15) is 12.7 Å². The number of nitrogens with zero attached hydrogens (tertiary/aromatic N) is 3. The summed E-state index contributed by atoms with van der Waals surface area (Å²) in [5.74, 6) is 1.36. The smallest absolute Gasteiger partial charge is 0.234 e. The average molecular weight is 443 g/mol. The number of rotatable bonds is 11. The third kappa shape index (κ3) is 6.32. The fourth-order valence-corrected chi connectivity index (χ4v) is 3.46. The van der Waals surface area contributed by atoms with E-state index in [1.165, 1.54) is 23.9 Å². The van der Waals surface area contributed by atoms with Crippen molar-refractivity contribution in [2.75, 3.05) is 17.7 Å². The Morgan fingerprint density at radius 2 is 1.97 bits per heavy atom. The molecule has 1 amide bonds. The predicted molar refractivity (Wildman–Crippen MR) is 118 cm³/mol. The van der Waals surface area contributed by atoms with Crippen LogP contribution in [-0.4, -0.2) is 33.0 Å². The highest BCUT2D eigenvalue weighted by Crippen LogP contribution is 2.25. The molecule has 31 heavy (non-hydrogen) atoms. The number of thioether (sulfide) groups is 1. The van der Waals surface area contributed by atoms with Gasteiger partial charge in [0.15, 0.2) is 11.0 Å². The van der Waals surface area contributed by atoms with E-state index in [0.29, 0.717) is 41.3 Å². The molecule has 162 valence electrons. The van der Waals surface area contributed by atoms with Crippen LogP contribution in [0.15, 0.2) is 66.3 Å². The Labute approximate surface area is 184 Å². The van der Waals surface area contributed by atoms with E-state index < -0.39 is 0 Å². The number of halogens is 1. The van der Waals surface area contributed by atoms with Crippen LogP contribution in [0.2, 0.25) is 0 Å². The number of carbonyl (C=O) groups excluding carboxylic acids is 1. The molecule has 1 aromatic heterocycles. The maximum absolute atomic E-state index is 13.0. The summed E-state index contributed by atoms with van der Waals surface area (Å²) >= 11 is 1.26. The van der Waals surface area contributed by atoms with Crippen LogP contribution in [0.3, 0.4) is 0 Å². The first-order chi connectivity index (χ1) is 15.1. The van der Waals surface area contributed by atoms with Crippen molar-refractivity contribution >= 4 is 23.4 Å². The summed E-state index contributed by atoms with van der Waals surface area (Å²) in [6, 6.07) is 13.0. The zero-order chi connectivity index (χ0) is 22.1. The van der Waals surface area contributed by atoms with Crippen LogP contribution in [0.5, 0.6) is 11.5 Å². The van der Waals surface area contributed by atoms with E-state index in [1.54, 1.807) is 30.3 Å². The number of amides is 1. The monoisotopic (exact) mass is 442 g/mol. The molecule has 3 aromatic rings. The van der Waals surface area contributed by atoms with Gasteiger partial charge in [-0.2, -0.15) is 0 Å². The molecule has 0 aliphatic heterocycles. The molecule has 3 rings (SSSR count). The van der Waals surface area contributed by atoms with Crippen LogP contribution < -0.4 is 14.8 Å². The van der Waals surface area contributed by atoms with Crippen LogP contribution in [0.4, 0.5) is 10.1 Å². The summed E-state index contributed by atoms with van der Waals surface area (Å²) in [7, 11) is 0.